The number of carboxylic acids is 1. The van der Waals surface area contributed by atoms with Gasteiger partial charge in [-0.2, -0.15) is 0 Å². The summed E-state index contributed by atoms with van der Waals surface area (Å²) in [5.74, 6) is -9.39. The first-order valence-electron chi connectivity index (χ1n) is 32.0. The van der Waals surface area contributed by atoms with Crippen molar-refractivity contribution in [1.82, 2.24) is 0 Å². The normalized spacial score (nSPS) is 34.7. The fourth-order valence-electron chi connectivity index (χ4n) is 11.4. The monoisotopic (exact) mass is 1490 g/mol. The minimum atomic E-state index is -2.23. The lowest BCUT2D eigenvalue weighted by molar-refractivity contribution is -0.294. The van der Waals surface area contributed by atoms with Crippen molar-refractivity contribution in [1.29, 1.82) is 0 Å². The minimum Gasteiger partial charge on any atom is -0.508 e. The van der Waals surface area contributed by atoms with Gasteiger partial charge in [0, 0.05) is 29.8 Å². The standard InChI is InChI=1S/C66H76O39/c67-19-36-46(77)51(82)56(87)62(101-36)95-28-7-1-24(2-8-28)5-11-42(73)92-21-38-48(79)53(84)57(88)63(103-38)96-29-9-3-25(4-10-29)6-12-43(74)93-22-39-49(80)54(85)59(90)65(104-39)99-34-14-26(13-33(45(34)76)98-64-58(89)52(83)47(78)37(20-68)102-64)61-35(17-30-31(70)15-27(69)16-32(30)97-61)100-66-60(91)55(86)50(81)40(105-66)23-94-44(75)18-41(71)72/h1-17,36-40,46-70,76-91H,18-23H2,(H,71,72). The molecule has 6 aliphatic heterocycles. The molecule has 0 aliphatic carbocycles. The van der Waals surface area contributed by atoms with Gasteiger partial charge >= 0.3 is 23.9 Å². The lowest BCUT2D eigenvalue weighted by atomic mass is 9.98. The number of aliphatic carboxylic acids is 1. The van der Waals surface area contributed by atoms with Gasteiger partial charge in [0.15, 0.2) is 17.6 Å². The summed E-state index contributed by atoms with van der Waals surface area (Å²) in [6.07, 6.45) is -43.5. The SMILES string of the molecule is O=C(O)CC(=O)OCC1OC(OC2=Cc3c(O)cc(O)cc3OC2c2cc(OC3OC(CO)C(O)C(O)C3O)c(O)c(OC3OC(COC(=O)C=Cc4ccc(OC5OC(COC(=O)C=Cc6ccc(OC7OC(CO)C(O)C(O)C7O)cc6)C(O)C(O)C5O)cc4)C(O)C(O)C3O)c2)C(O)C(O)C1O. The second-order valence-corrected chi connectivity index (χ2v) is 24.6. The highest BCUT2D eigenvalue weighted by Crippen LogP contribution is 2.49. The summed E-state index contributed by atoms with van der Waals surface area (Å²) >= 11 is 0. The van der Waals surface area contributed by atoms with Gasteiger partial charge < -0.3 is 174 Å². The van der Waals surface area contributed by atoms with Gasteiger partial charge in [-0.05, 0) is 65.8 Å². The average molecular weight is 1490 g/mol. The number of aliphatic hydroxyl groups excluding tert-OH is 17. The maximum atomic E-state index is 13.2. The van der Waals surface area contributed by atoms with Crippen molar-refractivity contribution in [2.24, 2.45) is 0 Å². The number of rotatable bonds is 25. The van der Waals surface area contributed by atoms with E-state index in [1.54, 1.807) is 0 Å². The van der Waals surface area contributed by atoms with Crippen LogP contribution in [0, 0.1) is 0 Å². The lowest BCUT2D eigenvalue weighted by Crippen LogP contribution is -2.60. The first-order chi connectivity index (χ1) is 49.9. The Morgan fingerprint density at radius 1 is 0.419 bits per heavy atom. The van der Waals surface area contributed by atoms with Crippen LogP contribution in [-0.4, -0.2) is 318 Å². The van der Waals surface area contributed by atoms with Crippen LogP contribution in [-0.2, 0) is 61.8 Å². The largest absolute Gasteiger partial charge is 0.508 e. The fourth-order valence-corrected chi connectivity index (χ4v) is 11.4. The number of hydrogen-bond donors (Lipinski definition) is 21. The van der Waals surface area contributed by atoms with Gasteiger partial charge in [0.25, 0.3) is 0 Å². The molecule has 0 bridgehead atoms. The summed E-state index contributed by atoms with van der Waals surface area (Å²) < 4.78 is 78.7. The van der Waals surface area contributed by atoms with E-state index in [1.807, 2.05) is 0 Å². The summed E-state index contributed by atoms with van der Waals surface area (Å²) in [4.78, 5) is 49.1. The molecule has 26 unspecified atom stereocenters. The zero-order valence-corrected chi connectivity index (χ0v) is 54.3. The highest BCUT2D eigenvalue weighted by molar-refractivity contribution is 5.90. The maximum Gasteiger partial charge on any atom is 0.330 e. The molecule has 39 heteroatoms. The Morgan fingerprint density at radius 2 is 0.781 bits per heavy atom. The minimum absolute atomic E-state index is 0.0279. The molecule has 39 nitrogen and oxygen atoms in total. The van der Waals surface area contributed by atoms with Gasteiger partial charge in [0.2, 0.25) is 37.2 Å². The van der Waals surface area contributed by atoms with Crippen LogP contribution in [0.5, 0.6) is 46.0 Å². The molecule has 6 heterocycles. The van der Waals surface area contributed by atoms with Gasteiger partial charge in [-0.15, -0.1) is 0 Å². The van der Waals surface area contributed by atoms with E-state index in [9.17, 15) is 121 Å². The molecule has 10 rings (SSSR count). The zero-order chi connectivity index (χ0) is 76.0. The highest BCUT2D eigenvalue weighted by atomic mass is 16.7. The molecule has 0 aromatic heterocycles. The number of hydrogen-bond acceptors (Lipinski definition) is 38. The third-order valence-corrected chi connectivity index (χ3v) is 17.3. The van der Waals surface area contributed by atoms with Gasteiger partial charge in [0.05, 0.1) is 18.8 Å². The van der Waals surface area contributed by atoms with E-state index in [0.29, 0.717) is 11.1 Å². The predicted molar refractivity (Wildman–Crippen MR) is 336 cm³/mol. The molecular formula is C66H76O39. The van der Waals surface area contributed by atoms with E-state index in [1.165, 1.54) is 60.7 Å². The lowest BCUT2D eigenvalue weighted by Gasteiger charge is -2.41. The first kappa shape index (κ1) is 78.9. The Bertz CT molecular complexity index is 3740. The molecular weight excluding hydrogens is 1420 g/mol. The summed E-state index contributed by atoms with van der Waals surface area (Å²) in [6, 6.07) is 15.2. The van der Waals surface area contributed by atoms with Crippen molar-refractivity contribution in [3.63, 3.8) is 0 Å². The molecule has 105 heavy (non-hydrogen) atoms. The van der Waals surface area contributed by atoms with Crippen molar-refractivity contribution in [2.75, 3.05) is 33.0 Å². The molecule has 574 valence electrons. The number of fused-ring (bicyclic) bond motifs is 1. The molecule has 5 saturated heterocycles. The number of aromatic hydroxyl groups is 3. The second-order valence-electron chi connectivity index (χ2n) is 24.6. The quantitative estimate of drug-likeness (QED) is 0.0127. The van der Waals surface area contributed by atoms with Gasteiger partial charge in [0.1, 0.15) is 183 Å². The van der Waals surface area contributed by atoms with Crippen LogP contribution in [0.1, 0.15) is 34.8 Å². The molecule has 0 spiro atoms. The number of carboxylic acid groups (broad SMARTS) is 1. The van der Waals surface area contributed by atoms with Crippen molar-refractivity contribution in [3.8, 4) is 46.0 Å². The highest BCUT2D eigenvalue weighted by Gasteiger charge is 2.51. The van der Waals surface area contributed by atoms with Crippen molar-refractivity contribution in [3.05, 3.63) is 113 Å². The number of esters is 3. The summed E-state index contributed by atoms with van der Waals surface area (Å²) in [5, 5.41) is 223. The number of carbonyl (C=O) groups excluding carboxylic acids is 3. The van der Waals surface area contributed by atoms with Crippen molar-refractivity contribution < 1.29 is 193 Å². The molecule has 4 aromatic rings. The molecule has 0 radical (unpaired) electrons. The first-order valence-corrected chi connectivity index (χ1v) is 32.0. The van der Waals surface area contributed by atoms with Gasteiger partial charge in [-0.25, -0.2) is 9.59 Å². The Morgan fingerprint density at radius 3 is 1.17 bits per heavy atom. The van der Waals surface area contributed by atoms with E-state index in [2.05, 4.69) is 0 Å². The van der Waals surface area contributed by atoms with Crippen LogP contribution < -0.4 is 23.7 Å². The van der Waals surface area contributed by atoms with E-state index in [-0.39, 0.29) is 28.4 Å². The summed E-state index contributed by atoms with van der Waals surface area (Å²) in [6.45, 7) is -4.02. The predicted octanol–water partition coefficient (Wildman–Crippen LogP) is -6.64. The smallest absolute Gasteiger partial charge is 0.330 e. The van der Waals surface area contributed by atoms with E-state index in [0.717, 1.165) is 42.5 Å². The molecule has 0 amide bonds. The van der Waals surface area contributed by atoms with E-state index in [4.69, 9.17) is 71.4 Å². The maximum absolute atomic E-state index is 13.2. The molecule has 5 fully saturated rings. The van der Waals surface area contributed by atoms with Crippen molar-refractivity contribution in [2.45, 2.75) is 166 Å². The van der Waals surface area contributed by atoms with Crippen LogP contribution in [0.3, 0.4) is 0 Å². The van der Waals surface area contributed by atoms with E-state index < -0.39 is 257 Å². The average Bonchev–Trinajstić information content (AvgIpc) is 0.764. The van der Waals surface area contributed by atoms with Crippen LogP contribution in [0.2, 0.25) is 0 Å². The Balaban J connectivity index is 0.789. The van der Waals surface area contributed by atoms with Crippen LogP contribution in [0.4, 0.5) is 0 Å². The van der Waals surface area contributed by atoms with Gasteiger partial charge in [-0.3, -0.25) is 9.59 Å². The number of ether oxygens (including phenoxy) is 14. The number of benzene rings is 4. The third-order valence-electron chi connectivity index (χ3n) is 17.3. The number of phenolic OH excluding ortho intramolecular Hbond substituents is 3. The number of carbonyl (C=O) groups is 4. The number of aliphatic hydroxyl groups is 17. The topological polar surface area (TPSA) is 622 Å². The Hall–Kier alpha value is -8.70. The summed E-state index contributed by atoms with van der Waals surface area (Å²) in [7, 11) is 0. The molecule has 0 saturated carbocycles. The van der Waals surface area contributed by atoms with Crippen LogP contribution in [0.25, 0.3) is 18.2 Å². The molecule has 26 atom stereocenters. The fraction of sp³-hybridized carbons (Fsp3) is 0.485. The zero-order valence-electron chi connectivity index (χ0n) is 54.3. The van der Waals surface area contributed by atoms with Crippen LogP contribution in [0.15, 0.2) is 90.7 Å². The molecule has 21 N–H and O–H groups in total. The molecule has 4 aromatic carbocycles. The van der Waals surface area contributed by atoms with Crippen LogP contribution >= 0.6 is 0 Å². The molecule has 6 aliphatic rings. The third kappa shape index (κ3) is 18.4. The second kappa shape index (κ2) is 34.2. The number of phenols is 3. The Kier molecular flexibility index (Phi) is 25.7. The van der Waals surface area contributed by atoms with Gasteiger partial charge in [-0.1, -0.05) is 24.3 Å². The summed E-state index contributed by atoms with van der Waals surface area (Å²) in [5.41, 5.74) is 0.233. The van der Waals surface area contributed by atoms with Crippen molar-refractivity contribution >= 4 is 42.1 Å². The van der Waals surface area contributed by atoms with E-state index >= 15 is 0 Å². The Labute approximate surface area is 591 Å².